The molecule has 0 saturated carbocycles. The van der Waals surface area contributed by atoms with Crippen LogP contribution < -0.4 is 6.15 Å². The predicted molar refractivity (Wildman–Crippen MR) is 88.6 cm³/mol. The molecule has 2 saturated heterocycles. The highest BCUT2D eigenvalue weighted by atomic mass is 16.7. The summed E-state index contributed by atoms with van der Waals surface area (Å²) in [6.45, 7) is 0. The van der Waals surface area contributed by atoms with Crippen molar-refractivity contribution in [3.8, 4) is 0 Å². The zero-order valence-corrected chi connectivity index (χ0v) is 14.6. The smallest absolute Gasteiger partial charge is 0.335 e. The summed E-state index contributed by atoms with van der Waals surface area (Å²) in [5.74, 6) is -1.89. The van der Waals surface area contributed by atoms with Gasteiger partial charge in [-0.1, -0.05) is 6.07 Å². The Morgan fingerprint density at radius 3 is 2.59 bits per heavy atom. The predicted octanol–water partition coefficient (Wildman–Crippen LogP) is -1.58. The van der Waals surface area contributed by atoms with Crippen LogP contribution in [0.15, 0.2) is 24.5 Å². The quantitative estimate of drug-likeness (QED) is 0.405. The molecular formula is C16H23N3O8. The number of nitrogens with zero attached hydrogens (tertiary/aromatic N) is 2. The number of likely N-dealkylation sites (tertiary alicyclic amines) is 1. The summed E-state index contributed by atoms with van der Waals surface area (Å²) in [4.78, 5) is 29.1. The minimum Gasteiger partial charge on any atom is -0.479 e. The molecule has 2 fully saturated rings. The summed E-state index contributed by atoms with van der Waals surface area (Å²) in [6, 6.07) is 3.26. The van der Waals surface area contributed by atoms with Gasteiger partial charge in [-0.3, -0.25) is 9.78 Å². The van der Waals surface area contributed by atoms with Crippen LogP contribution in [0.3, 0.4) is 0 Å². The zero-order valence-electron chi connectivity index (χ0n) is 14.6. The number of aliphatic carboxylic acids is 1. The highest BCUT2D eigenvalue weighted by Crippen LogP contribution is 2.34. The van der Waals surface area contributed by atoms with Gasteiger partial charge >= 0.3 is 5.97 Å². The average molecular weight is 385 g/mol. The molecule has 2 aliphatic rings. The van der Waals surface area contributed by atoms with E-state index in [0.29, 0.717) is 0 Å². The van der Waals surface area contributed by atoms with Gasteiger partial charge in [0.25, 0.3) is 5.91 Å². The SMILES string of the molecule is CN1C(=O)[C@H](O[C@@H]2O[C@H](C(=O)O)[C@@H](O)[C@H](O)[C@H]2O)C[C@H]1c1cccnc1.N. The van der Waals surface area contributed by atoms with E-state index in [2.05, 4.69) is 4.98 Å². The maximum absolute atomic E-state index is 12.4. The fraction of sp³-hybridized carbons (Fsp3) is 0.562. The van der Waals surface area contributed by atoms with Crippen LogP contribution in [0.25, 0.3) is 0 Å². The Hall–Kier alpha value is -2.15. The second-order valence-electron chi connectivity index (χ2n) is 6.35. The lowest BCUT2D eigenvalue weighted by Gasteiger charge is -2.39. The summed E-state index contributed by atoms with van der Waals surface area (Å²) in [5.41, 5.74) is 0.804. The molecule has 0 aliphatic carbocycles. The molecule has 7 N–H and O–H groups in total. The number of carboxylic acids is 1. The number of ether oxygens (including phenoxy) is 2. The van der Waals surface area contributed by atoms with Crippen molar-refractivity contribution >= 4 is 11.9 Å². The van der Waals surface area contributed by atoms with Gasteiger partial charge in [0, 0.05) is 25.9 Å². The van der Waals surface area contributed by atoms with Gasteiger partial charge in [0.05, 0.1) is 6.04 Å². The number of carboxylic acid groups (broad SMARTS) is 1. The Kier molecular flexibility index (Phi) is 6.46. The van der Waals surface area contributed by atoms with E-state index in [1.807, 2.05) is 6.07 Å². The van der Waals surface area contributed by atoms with Gasteiger partial charge in [-0.15, -0.1) is 0 Å². The molecule has 0 spiro atoms. The van der Waals surface area contributed by atoms with Crippen LogP contribution in [-0.2, 0) is 19.1 Å². The van der Waals surface area contributed by atoms with Crippen molar-refractivity contribution in [3.63, 3.8) is 0 Å². The van der Waals surface area contributed by atoms with Gasteiger partial charge in [0.1, 0.15) is 24.4 Å². The van der Waals surface area contributed by atoms with Crippen molar-refractivity contribution in [1.29, 1.82) is 0 Å². The average Bonchev–Trinajstić information content (AvgIpc) is 2.91. The normalized spacial score (nSPS) is 36.4. The third kappa shape index (κ3) is 3.93. The molecule has 0 unspecified atom stereocenters. The highest BCUT2D eigenvalue weighted by molar-refractivity contribution is 5.83. The topological polar surface area (TPSA) is 185 Å². The maximum Gasteiger partial charge on any atom is 0.335 e. The van der Waals surface area contributed by atoms with E-state index >= 15 is 0 Å². The first kappa shape index (κ1) is 21.2. The number of hydrogen-bond acceptors (Lipinski definition) is 9. The second kappa shape index (κ2) is 8.25. The molecule has 0 radical (unpaired) electrons. The molecule has 11 nitrogen and oxygen atoms in total. The summed E-state index contributed by atoms with van der Waals surface area (Å²) in [7, 11) is 1.60. The number of likely N-dealkylation sites (N-methyl/N-ethyl adjacent to an activating group) is 1. The summed E-state index contributed by atoms with van der Waals surface area (Å²) in [5, 5.41) is 38.6. The van der Waals surface area contributed by atoms with Crippen molar-refractivity contribution in [3.05, 3.63) is 30.1 Å². The highest BCUT2D eigenvalue weighted by Gasteiger charge is 2.50. The number of carbonyl (C=O) groups excluding carboxylic acids is 1. The Balaban J connectivity index is 0.00000261. The van der Waals surface area contributed by atoms with Crippen LogP contribution in [0.5, 0.6) is 0 Å². The van der Waals surface area contributed by atoms with E-state index in [1.54, 1.807) is 25.5 Å². The first-order valence-electron chi connectivity index (χ1n) is 8.05. The third-order valence-corrected chi connectivity index (χ3v) is 4.71. The molecule has 3 rings (SSSR count). The van der Waals surface area contributed by atoms with Crippen LogP contribution in [0, 0.1) is 0 Å². The number of aromatic nitrogens is 1. The first-order valence-corrected chi connectivity index (χ1v) is 8.05. The van der Waals surface area contributed by atoms with E-state index in [1.165, 1.54) is 4.90 Å². The van der Waals surface area contributed by atoms with Crippen molar-refractivity contribution in [2.24, 2.45) is 0 Å². The van der Waals surface area contributed by atoms with E-state index in [0.717, 1.165) is 5.56 Å². The van der Waals surface area contributed by atoms with Crippen LogP contribution >= 0.6 is 0 Å². The Bertz CT molecular complexity index is 675. The minimum atomic E-state index is -1.81. The van der Waals surface area contributed by atoms with Gasteiger partial charge in [0.2, 0.25) is 0 Å². The molecule has 1 aromatic rings. The van der Waals surface area contributed by atoms with Crippen molar-refractivity contribution in [1.82, 2.24) is 16.0 Å². The minimum absolute atomic E-state index is 0. The molecule has 2 aliphatic heterocycles. The Morgan fingerprint density at radius 2 is 2.00 bits per heavy atom. The number of aliphatic hydroxyl groups excluding tert-OH is 3. The van der Waals surface area contributed by atoms with Gasteiger partial charge < -0.3 is 41.0 Å². The van der Waals surface area contributed by atoms with Crippen LogP contribution in [0.4, 0.5) is 0 Å². The first-order chi connectivity index (χ1) is 12.3. The van der Waals surface area contributed by atoms with E-state index < -0.39 is 42.8 Å². The number of amides is 1. The molecule has 1 amide bonds. The monoisotopic (exact) mass is 385 g/mol. The molecule has 150 valence electrons. The summed E-state index contributed by atoms with van der Waals surface area (Å²) < 4.78 is 10.5. The van der Waals surface area contributed by atoms with Crippen LogP contribution in [0.1, 0.15) is 18.0 Å². The molecule has 3 heterocycles. The number of hydrogen-bond donors (Lipinski definition) is 5. The van der Waals surface area contributed by atoms with Gasteiger partial charge in [-0.2, -0.15) is 0 Å². The lowest BCUT2D eigenvalue weighted by atomic mass is 9.99. The molecule has 11 heteroatoms. The van der Waals surface area contributed by atoms with Gasteiger partial charge in [-0.05, 0) is 11.6 Å². The van der Waals surface area contributed by atoms with Crippen LogP contribution in [0.2, 0.25) is 0 Å². The standard InChI is InChI=1S/C16H20N2O8.H3N/c1-18-8(7-3-2-4-17-6-7)5-9(14(18)22)25-16-12(21)10(19)11(20)13(26-16)15(23)24;/h2-4,6,8-13,16,19-21H,5H2,1H3,(H,23,24);1H3/t8-,9+,10-,11-,12+,13-,16+;/m0./s1. The molecule has 1 aromatic heterocycles. The fourth-order valence-electron chi connectivity index (χ4n) is 3.22. The second-order valence-corrected chi connectivity index (χ2v) is 6.35. The number of rotatable bonds is 4. The summed E-state index contributed by atoms with van der Waals surface area (Å²) >= 11 is 0. The Morgan fingerprint density at radius 1 is 1.30 bits per heavy atom. The molecule has 0 aromatic carbocycles. The fourth-order valence-corrected chi connectivity index (χ4v) is 3.22. The number of carbonyl (C=O) groups is 2. The van der Waals surface area contributed by atoms with E-state index in [-0.39, 0.29) is 24.5 Å². The molecular weight excluding hydrogens is 362 g/mol. The van der Waals surface area contributed by atoms with Gasteiger partial charge in [0.15, 0.2) is 12.4 Å². The lowest BCUT2D eigenvalue weighted by molar-refractivity contribution is -0.301. The maximum atomic E-state index is 12.4. The third-order valence-electron chi connectivity index (χ3n) is 4.71. The number of aliphatic hydroxyl groups is 3. The Labute approximate surface area is 154 Å². The lowest BCUT2D eigenvalue weighted by Crippen LogP contribution is -2.61. The largest absolute Gasteiger partial charge is 0.479 e. The van der Waals surface area contributed by atoms with Crippen molar-refractivity contribution < 1.29 is 39.5 Å². The van der Waals surface area contributed by atoms with Crippen LogP contribution in [-0.4, -0.2) is 86.0 Å². The molecule has 0 bridgehead atoms. The molecule has 7 atom stereocenters. The van der Waals surface area contributed by atoms with E-state index in [4.69, 9.17) is 14.6 Å². The van der Waals surface area contributed by atoms with Crippen molar-refractivity contribution in [2.45, 2.75) is 49.3 Å². The summed E-state index contributed by atoms with van der Waals surface area (Å²) in [6.07, 6.45) is -6.15. The zero-order chi connectivity index (χ0) is 19.0. The van der Waals surface area contributed by atoms with Gasteiger partial charge in [-0.25, -0.2) is 4.79 Å². The van der Waals surface area contributed by atoms with E-state index in [9.17, 15) is 24.9 Å². The molecule has 27 heavy (non-hydrogen) atoms. The number of pyridine rings is 1. The van der Waals surface area contributed by atoms with Crippen molar-refractivity contribution in [2.75, 3.05) is 7.05 Å².